The van der Waals surface area contributed by atoms with Crippen LogP contribution in [0.3, 0.4) is 0 Å². The van der Waals surface area contributed by atoms with Crippen molar-refractivity contribution >= 4 is 47.2 Å². The van der Waals surface area contributed by atoms with Gasteiger partial charge >= 0.3 is 5.97 Å². The van der Waals surface area contributed by atoms with E-state index >= 15 is 0 Å². The number of carbonyl (C=O) groups is 3. The average Bonchev–Trinajstić information content (AvgIpc) is 3.19. The van der Waals surface area contributed by atoms with Crippen LogP contribution in [0.25, 0.3) is 0 Å². The van der Waals surface area contributed by atoms with Gasteiger partial charge in [0.1, 0.15) is 17.9 Å². The van der Waals surface area contributed by atoms with Crippen LogP contribution in [0.1, 0.15) is 31.2 Å². The molecule has 2 amide bonds. The normalized spacial score (nSPS) is 12.1. The molecule has 0 saturated heterocycles. The van der Waals surface area contributed by atoms with Crippen molar-refractivity contribution in [3.63, 3.8) is 0 Å². The largest absolute Gasteiger partial charge is 0.465 e. The van der Waals surface area contributed by atoms with E-state index in [0.29, 0.717) is 5.02 Å². The minimum atomic E-state index is -0.768. The van der Waals surface area contributed by atoms with Crippen molar-refractivity contribution in [2.45, 2.75) is 0 Å². The van der Waals surface area contributed by atoms with Gasteiger partial charge in [-0.15, -0.1) is 0 Å². The van der Waals surface area contributed by atoms with Gasteiger partial charge in [0, 0.05) is 36.6 Å². The van der Waals surface area contributed by atoms with Gasteiger partial charge in [0.25, 0.3) is 11.8 Å². The molecule has 0 spiro atoms. The third-order valence-corrected chi connectivity index (χ3v) is 5.00. The van der Waals surface area contributed by atoms with Crippen molar-refractivity contribution in [3.8, 4) is 0 Å². The van der Waals surface area contributed by atoms with E-state index in [4.69, 9.17) is 16.3 Å². The number of aliphatic imine (C=N–C) groups is 1. The van der Waals surface area contributed by atoms with Crippen LogP contribution in [0.15, 0.2) is 84.7 Å². The van der Waals surface area contributed by atoms with E-state index in [1.54, 1.807) is 24.4 Å². The Balaban J connectivity index is 1.77. The standard InChI is InChI=1S/C24H18ClN7O4/c1-36-24(35)18-12-16(22(33)30-21-7-5-17(25)13-29-21)4-6-20(18)32(31-11-3-2-8-27-15-31)23(34)19-14-26-9-10-28-19/h2-15H,1H3,(H,29,30,33). The molecule has 0 aliphatic carbocycles. The number of nitrogens with one attached hydrogen (secondary N) is 1. The topological polar surface area (TPSA) is 130 Å². The van der Waals surface area contributed by atoms with Crippen molar-refractivity contribution in [1.29, 1.82) is 0 Å². The molecule has 4 rings (SSSR count). The summed E-state index contributed by atoms with van der Waals surface area (Å²) in [5.41, 5.74) is 0.217. The quantitative estimate of drug-likeness (QED) is 0.506. The van der Waals surface area contributed by atoms with Crippen LogP contribution in [0.4, 0.5) is 11.5 Å². The summed E-state index contributed by atoms with van der Waals surface area (Å²) in [5, 5.41) is 5.59. The third-order valence-electron chi connectivity index (χ3n) is 4.77. The van der Waals surface area contributed by atoms with Crippen LogP contribution in [0, 0.1) is 0 Å². The van der Waals surface area contributed by atoms with Gasteiger partial charge in [-0.3, -0.25) is 14.6 Å². The van der Waals surface area contributed by atoms with Gasteiger partial charge in [-0.1, -0.05) is 11.6 Å². The first kappa shape index (κ1) is 24.2. The van der Waals surface area contributed by atoms with Gasteiger partial charge in [0.2, 0.25) is 0 Å². The highest BCUT2D eigenvalue weighted by molar-refractivity contribution is 6.30. The predicted molar refractivity (Wildman–Crippen MR) is 132 cm³/mol. The summed E-state index contributed by atoms with van der Waals surface area (Å²) in [6, 6.07) is 7.34. The van der Waals surface area contributed by atoms with E-state index in [-0.39, 0.29) is 28.3 Å². The summed E-state index contributed by atoms with van der Waals surface area (Å²) >= 11 is 5.84. The Morgan fingerprint density at radius 2 is 1.92 bits per heavy atom. The summed E-state index contributed by atoms with van der Waals surface area (Å²) < 4.78 is 4.94. The molecule has 0 radical (unpaired) electrons. The maximum absolute atomic E-state index is 13.5. The van der Waals surface area contributed by atoms with Crippen LogP contribution in [-0.2, 0) is 4.74 Å². The average molecular weight is 504 g/mol. The molecule has 1 aromatic carbocycles. The number of hydrazine groups is 1. The zero-order valence-corrected chi connectivity index (χ0v) is 19.5. The number of methoxy groups -OCH3 is 1. The molecular formula is C24H18ClN7O4. The number of benzene rings is 1. The van der Waals surface area contributed by atoms with Crippen molar-refractivity contribution in [1.82, 2.24) is 20.0 Å². The van der Waals surface area contributed by atoms with Gasteiger partial charge in [-0.05, 0) is 42.5 Å². The molecule has 0 saturated carbocycles. The number of rotatable bonds is 6. The van der Waals surface area contributed by atoms with E-state index in [1.807, 2.05) is 0 Å². The number of carbonyl (C=O) groups excluding carboxylic acids is 3. The molecule has 3 aromatic rings. The predicted octanol–water partition coefficient (Wildman–Crippen LogP) is 3.50. The lowest BCUT2D eigenvalue weighted by atomic mass is 10.1. The number of hydrogen-bond donors (Lipinski definition) is 1. The molecule has 2 aromatic heterocycles. The molecule has 0 fully saturated rings. The van der Waals surface area contributed by atoms with Crippen LogP contribution in [0.2, 0.25) is 5.02 Å². The first-order valence-corrected chi connectivity index (χ1v) is 10.8. The Bertz CT molecular complexity index is 1360. The number of nitrogens with zero attached hydrogens (tertiary/aromatic N) is 6. The molecule has 1 N–H and O–H groups in total. The smallest absolute Gasteiger partial charge is 0.340 e. The maximum atomic E-state index is 13.5. The summed E-state index contributed by atoms with van der Waals surface area (Å²) in [4.78, 5) is 55.3. The van der Waals surface area contributed by atoms with Crippen LogP contribution < -0.4 is 10.3 Å². The fourth-order valence-electron chi connectivity index (χ4n) is 3.13. The van der Waals surface area contributed by atoms with Crippen molar-refractivity contribution in [2.75, 3.05) is 17.4 Å². The number of pyridine rings is 1. The molecule has 11 nitrogen and oxygen atoms in total. The molecule has 12 heteroatoms. The van der Waals surface area contributed by atoms with Gasteiger partial charge in [0.05, 0.1) is 29.6 Å². The lowest BCUT2D eigenvalue weighted by Crippen LogP contribution is -2.44. The Labute approximate surface area is 210 Å². The molecule has 0 bridgehead atoms. The molecule has 3 heterocycles. The first-order chi connectivity index (χ1) is 17.5. The third kappa shape index (κ3) is 5.42. The maximum Gasteiger partial charge on any atom is 0.340 e. The molecule has 0 atom stereocenters. The Kier molecular flexibility index (Phi) is 7.42. The van der Waals surface area contributed by atoms with Gasteiger partial charge in [0.15, 0.2) is 0 Å². The second-order valence-electron chi connectivity index (χ2n) is 7.07. The van der Waals surface area contributed by atoms with E-state index in [9.17, 15) is 14.4 Å². The highest BCUT2D eigenvalue weighted by Crippen LogP contribution is 2.27. The second-order valence-corrected chi connectivity index (χ2v) is 7.51. The molecule has 1 aliphatic heterocycles. The van der Waals surface area contributed by atoms with Gasteiger partial charge in [-0.25, -0.2) is 29.8 Å². The number of hydrogen-bond acceptors (Lipinski definition) is 9. The molecule has 1 aliphatic rings. The number of esters is 1. The Morgan fingerprint density at radius 1 is 1.06 bits per heavy atom. The summed E-state index contributed by atoms with van der Waals surface area (Å²) in [6.45, 7) is 0. The van der Waals surface area contributed by atoms with E-state index in [0.717, 1.165) is 0 Å². The number of aromatic nitrogens is 3. The molecule has 36 heavy (non-hydrogen) atoms. The summed E-state index contributed by atoms with van der Waals surface area (Å²) in [7, 11) is 1.20. The van der Waals surface area contributed by atoms with Crippen molar-refractivity contribution in [3.05, 3.63) is 102 Å². The minimum absolute atomic E-state index is 0.0166. The Hall–Kier alpha value is -4.90. The zero-order valence-electron chi connectivity index (χ0n) is 18.8. The lowest BCUT2D eigenvalue weighted by molar-refractivity contribution is 0.0601. The lowest BCUT2D eigenvalue weighted by Gasteiger charge is -2.31. The molecule has 0 unspecified atom stereocenters. The second kappa shape index (κ2) is 11.0. The highest BCUT2D eigenvalue weighted by Gasteiger charge is 2.29. The van der Waals surface area contributed by atoms with Crippen LogP contribution in [-0.4, -0.2) is 51.2 Å². The SMILES string of the molecule is COC(=O)c1cc(C(=O)Nc2ccc(Cl)cn2)ccc1N(C(=O)c1cnccn1)N1C=CC=CN=C1. The number of halogens is 1. The fraction of sp³-hybridized carbons (Fsp3) is 0.0417. The van der Waals surface area contributed by atoms with Crippen LogP contribution in [0.5, 0.6) is 0 Å². The van der Waals surface area contributed by atoms with E-state index in [1.165, 1.54) is 78.7 Å². The monoisotopic (exact) mass is 503 g/mol. The Morgan fingerprint density at radius 3 is 2.64 bits per heavy atom. The number of ether oxygens (including phenoxy) is 1. The highest BCUT2D eigenvalue weighted by atomic mass is 35.5. The first-order valence-electron chi connectivity index (χ1n) is 10.4. The number of anilines is 2. The molecular weight excluding hydrogens is 486 g/mol. The van der Waals surface area contributed by atoms with Crippen LogP contribution >= 0.6 is 11.6 Å². The minimum Gasteiger partial charge on any atom is -0.465 e. The number of allylic oxidation sites excluding steroid dienone is 2. The van der Waals surface area contributed by atoms with Crippen molar-refractivity contribution in [2.24, 2.45) is 4.99 Å². The summed E-state index contributed by atoms with van der Waals surface area (Å²) in [5.74, 6) is -1.64. The summed E-state index contributed by atoms with van der Waals surface area (Å²) in [6.07, 6.45) is 13.3. The van der Waals surface area contributed by atoms with E-state index < -0.39 is 17.8 Å². The van der Waals surface area contributed by atoms with Gasteiger partial charge in [-0.2, -0.15) is 0 Å². The van der Waals surface area contributed by atoms with Crippen molar-refractivity contribution < 1.29 is 19.1 Å². The fourth-order valence-corrected chi connectivity index (χ4v) is 3.24. The number of amides is 2. The molecule has 180 valence electrons. The van der Waals surface area contributed by atoms with Gasteiger partial charge < -0.3 is 10.1 Å². The zero-order chi connectivity index (χ0) is 25.5. The van der Waals surface area contributed by atoms with E-state index in [2.05, 4.69) is 25.3 Å².